The van der Waals surface area contributed by atoms with Gasteiger partial charge in [-0.2, -0.15) is 0 Å². The van der Waals surface area contributed by atoms with Gasteiger partial charge >= 0.3 is 0 Å². The van der Waals surface area contributed by atoms with Crippen molar-refractivity contribution in [2.24, 2.45) is 0 Å². The van der Waals surface area contributed by atoms with Crippen LogP contribution in [0.5, 0.6) is 5.75 Å². The summed E-state index contributed by atoms with van der Waals surface area (Å²) in [6, 6.07) is 7.85. The van der Waals surface area contributed by atoms with Gasteiger partial charge in [0.25, 0.3) is 0 Å². The maximum atomic E-state index is 10.9. The first-order valence-electron chi connectivity index (χ1n) is 8.15. The predicted octanol–water partition coefficient (Wildman–Crippen LogP) is 2.40. The first-order valence-corrected chi connectivity index (χ1v) is 9.03. The highest BCUT2D eigenvalue weighted by Gasteiger charge is 2.33. The molecule has 130 valence electrons. The molecule has 1 saturated heterocycles. The smallest absolute Gasteiger partial charge is 0.134 e. The highest BCUT2D eigenvalue weighted by Crippen LogP contribution is 2.19. The SMILES string of the molecule is Cc1cccc(OCC2(O)COCCN(Cc3csc(C)n3)C2)c1. The van der Waals surface area contributed by atoms with Crippen LogP contribution in [-0.4, -0.2) is 53.5 Å². The summed E-state index contributed by atoms with van der Waals surface area (Å²) in [5, 5.41) is 14.1. The van der Waals surface area contributed by atoms with Crippen LogP contribution in [0.25, 0.3) is 0 Å². The minimum absolute atomic E-state index is 0.211. The lowest BCUT2D eigenvalue weighted by atomic mass is 10.1. The third kappa shape index (κ3) is 4.77. The molecule has 0 aliphatic carbocycles. The van der Waals surface area contributed by atoms with Gasteiger partial charge in [0, 0.05) is 25.0 Å². The normalized spacial score (nSPS) is 22.3. The minimum atomic E-state index is -1.02. The van der Waals surface area contributed by atoms with E-state index in [2.05, 4.69) is 15.3 Å². The lowest BCUT2D eigenvalue weighted by Gasteiger charge is -2.30. The van der Waals surface area contributed by atoms with Crippen LogP contribution in [0.15, 0.2) is 29.6 Å². The minimum Gasteiger partial charge on any atom is -0.490 e. The van der Waals surface area contributed by atoms with Crippen LogP contribution in [-0.2, 0) is 11.3 Å². The fraction of sp³-hybridized carbons (Fsp3) is 0.500. The number of nitrogens with zero attached hydrogens (tertiary/aromatic N) is 2. The van der Waals surface area contributed by atoms with E-state index in [0.29, 0.717) is 13.2 Å². The van der Waals surface area contributed by atoms with Crippen LogP contribution in [0.2, 0.25) is 0 Å². The van der Waals surface area contributed by atoms with Crippen molar-refractivity contribution in [3.63, 3.8) is 0 Å². The Morgan fingerprint density at radius 3 is 3.04 bits per heavy atom. The van der Waals surface area contributed by atoms with Crippen molar-refractivity contribution in [3.8, 4) is 5.75 Å². The summed E-state index contributed by atoms with van der Waals surface area (Å²) in [6.45, 7) is 7.14. The Morgan fingerprint density at radius 2 is 2.29 bits per heavy atom. The number of hydrogen-bond donors (Lipinski definition) is 1. The Bertz CT molecular complexity index is 676. The van der Waals surface area contributed by atoms with Gasteiger partial charge in [-0.1, -0.05) is 12.1 Å². The molecule has 2 aromatic rings. The van der Waals surface area contributed by atoms with E-state index in [-0.39, 0.29) is 13.2 Å². The van der Waals surface area contributed by atoms with E-state index in [1.807, 2.05) is 38.1 Å². The molecule has 2 heterocycles. The third-order valence-electron chi connectivity index (χ3n) is 3.99. The summed E-state index contributed by atoms with van der Waals surface area (Å²) < 4.78 is 11.4. The predicted molar refractivity (Wildman–Crippen MR) is 94.6 cm³/mol. The van der Waals surface area contributed by atoms with Gasteiger partial charge in [-0.3, -0.25) is 4.90 Å². The Hall–Kier alpha value is -1.47. The topological polar surface area (TPSA) is 54.8 Å². The largest absolute Gasteiger partial charge is 0.490 e. The second-order valence-corrected chi connectivity index (χ2v) is 7.51. The van der Waals surface area contributed by atoms with Crippen molar-refractivity contribution in [2.75, 3.05) is 32.9 Å². The number of aromatic nitrogens is 1. The molecule has 0 radical (unpaired) electrons. The van der Waals surface area contributed by atoms with Crippen molar-refractivity contribution in [1.82, 2.24) is 9.88 Å². The van der Waals surface area contributed by atoms with Gasteiger partial charge in [-0.25, -0.2) is 4.98 Å². The van der Waals surface area contributed by atoms with Crippen LogP contribution in [0.4, 0.5) is 0 Å². The summed E-state index contributed by atoms with van der Waals surface area (Å²) in [5.41, 5.74) is 1.16. The number of β-amino-alcohol motifs (C(OH)–C–C–N with tert-alkyl or cyclic N) is 1. The molecule has 5 nitrogen and oxygen atoms in total. The molecule has 3 rings (SSSR count). The van der Waals surface area contributed by atoms with Gasteiger partial charge in [0.05, 0.1) is 23.9 Å². The van der Waals surface area contributed by atoms with Gasteiger partial charge < -0.3 is 14.6 Å². The summed E-state index contributed by atoms with van der Waals surface area (Å²) in [7, 11) is 0. The Kier molecular flexibility index (Phi) is 5.50. The molecule has 0 saturated carbocycles. The summed E-state index contributed by atoms with van der Waals surface area (Å²) in [5.74, 6) is 0.773. The van der Waals surface area contributed by atoms with Crippen molar-refractivity contribution in [1.29, 1.82) is 0 Å². The van der Waals surface area contributed by atoms with E-state index < -0.39 is 5.60 Å². The van der Waals surface area contributed by atoms with E-state index in [0.717, 1.165) is 35.1 Å². The molecule has 0 bridgehead atoms. The second kappa shape index (κ2) is 7.61. The van der Waals surface area contributed by atoms with Crippen LogP contribution >= 0.6 is 11.3 Å². The fourth-order valence-corrected chi connectivity index (χ4v) is 3.46. The van der Waals surface area contributed by atoms with Crippen LogP contribution < -0.4 is 4.74 Å². The number of aryl methyl sites for hydroxylation is 2. The average molecular weight is 348 g/mol. The van der Waals surface area contributed by atoms with Crippen molar-refractivity contribution >= 4 is 11.3 Å². The highest BCUT2D eigenvalue weighted by molar-refractivity contribution is 7.09. The van der Waals surface area contributed by atoms with Gasteiger partial charge in [-0.15, -0.1) is 11.3 Å². The highest BCUT2D eigenvalue weighted by atomic mass is 32.1. The van der Waals surface area contributed by atoms with Crippen molar-refractivity contribution < 1.29 is 14.6 Å². The second-order valence-electron chi connectivity index (χ2n) is 6.45. The maximum absolute atomic E-state index is 10.9. The molecule has 1 N–H and O–H groups in total. The number of ether oxygens (including phenoxy) is 2. The van der Waals surface area contributed by atoms with E-state index in [9.17, 15) is 5.11 Å². The Labute approximate surface area is 146 Å². The zero-order chi connectivity index (χ0) is 17.0. The average Bonchev–Trinajstić information content (AvgIpc) is 2.85. The van der Waals surface area contributed by atoms with Gasteiger partial charge in [0.2, 0.25) is 0 Å². The van der Waals surface area contributed by atoms with Gasteiger partial charge in [-0.05, 0) is 31.5 Å². The van der Waals surface area contributed by atoms with E-state index in [1.54, 1.807) is 11.3 Å². The summed E-state index contributed by atoms with van der Waals surface area (Å²) in [6.07, 6.45) is 0. The summed E-state index contributed by atoms with van der Waals surface area (Å²) in [4.78, 5) is 6.69. The number of hydrogen-bond acceptors (Lipinski definition) is 6. The first kappa shape index (κ1) is 17.4. The van der Waals surface area contributed by atoms with Crippen molar-refractivity contribution in [3.05, 3.63) is 45.9 Å². The van der Waals surface area contributed by atoms with E-state index in [1.165, 1.54) is 0 Å². The molecule has 0 spiro atoms. The van der Waals surface area contributed by atoms with Gasteiger partial charge in [0.15, 0.2) is 0 Å². The summed E-state index contributed by atoms with van der Waals surface area (Å²) >= 11 is 1.65. The van der Waals surface area contributed by atoms with Crippen LogP contribution in [0, 0.1) is 13.8 Å². The molecule has 1 unspecified atom stereocenters. The zero-order valence-electron chi connectivity index (χ0n) is 14.2. The first-order chi connectivity index (χ1) is 11.5. The van der Waals surface area contributed by atoms with Gasteiger partial charge in [0.1, 0.15) is 18.0 Å². The number of benzene rings is 1. The zero-order valence-corrected chi connectivity index (χ0v) is 15.0. The monoisotopic (exact) mass is 348 g/mol. The maximum Gasteiger partial charge on any atom is 0.134 e. The quantitative estimate of drug-likeness (QED) is 0.899. The third-order valence-corrected chi connectivity index (χ3v) is 4.81. The molecule has 0 amide bonds. The lowest BCUT2D eigenvalue weighted by molar-refractivity contribution is -0.0647. The molecule has 24 heavy (non-hydrogen) atoms. The molecule has 1 atom stereocenters. The number of rotatable bonds is 5. The lowest BCUT2D eigenvalue weighted by Crippen LogP contribution is -2.48. The van der Waals surface area contributed by atoms with Crippen LogP contribution in [0.3, 0.4) is 0 Å². The standard InChI is InChI=1S/C18H24N2O3S/c1-14-4-3-5-17(8-14)23-13-18(21)11-20(6-7-22-12-18)9-16-10-24-15(2)19-16/h3-5,8,10,21H,6-7,9,11-13H2,1-2H3. The molecule has 1 fully saturated rings. The molecule has 1 aromatic heterocycles. The Balaban J connectivity index is 1.62. The fourth-order valence-electron chi connectivity index (χ4n) is 2.85. The molecule has 1 aliphatic heterocycles. The number of thiazole rings is 1. The molecular weight excluding hydrogens is 324 g/mol. The van der Waals surface area contributed by atoms with Crippen molar-refractivity contribution in [2.45, 2.75) is 26.0 Å². The van der Waals surface area contributed by atoms with Crippen LogP contribution in [0.1, 0.15) is 16.3 Å². The Morgan fingerprint density at radius 1 is 1.42 bits per heavy atom. The van der Waals surface area contributed by atoms with E-state index >= 15 is 0 Å². The molecule has 6 heteroatoms. The molecule has 1 aromatic carbocycles. The molecular formula is C18H24N2O3S. The number of aliphatic hydroxyl groups is 1. The van der Waals surface area contributed by atoms with E-state index in [4.69, 9.17) is 9.47 Å². The molecule has 1 aliphatic rings.